The number of amides is 1. The summed E-state index contributed by atoms with van der Waals surface area (Å²) in [5.41, 5.74) is 0. The molecule has 0 heterocycles. The first-order valence-electron chi connectivity index (χ1n) is 7.00. The van der Waals surface area contributed by atoms with Crippen LogP contribution in [0.15, 0.2) is 0 Å². The zero-order valence-corrected chi connectivity index (χ0v) is 11.5. The number of hydrogen-bond donors (Lipinski definition) is 1. The third-order valence-electron chi connectivity index (χ3n) is 3.67. The molecule has 0 aliphatic heterocycles. The Bertz CT molecular complexity index is 272. The molecule has 1 aliphatic carbocycles. The molecule has 0 radical (unpaired) electrons. The van der Waals surface area contributed by atoms with E-state index in [1.54, 1.807) is 6.92 Å². The quantitative estimate of drug-likeness (QED) is 0.742. The second-order valence-electron chi connectivity index (χ2n) is 5.21. The van der Waals surface area contributed by atoms with E-state index in [4.69, 9.17) is 0 Å². The molecular weight excluding hydrogens is 230 g/mol. The fourth-order valence-corrected chi connectivity index (χ4v) is 2.58. The van der Waals surface area contributed by atoms with Crippen LogP contribution in [0.1, 0.15) is 58.3 Å². The van der Waals surface area contributed by atoms with Crippen molar-refractivity contribution in [2.75, 3.05) is 7.11 Å². The molecule has 4 heteroatoms. The van der Waals surface area contributed by atoms with Crippen LogP contribution in [0.5, 0.6) is 0 Å². The first-order valence-corrected chi connectivity index (χ1v) is 7.00. The Kier molecular flexibility index (Phi) is 6.76. The molecule has 1 saturated carbocycles. The van der Waals surface area contributed by atoms with Gasteiger partial charge in [-0.1, -0.05) is 32.1 Å². The van der Waals surface area contributed by atoms with Gasteiger partial charge < -0.3 is 10.1 Å². The van der Waals surface area contributed by atoms with Gasteiger partial charge >= 0.3 is 5.97 Å². The van der Waals surface area contributed by atoms with Crippen molar-refractivity contribution in [2.45, 2.75) is 64.3 Å². The van der Waals surface area contributed by atoms with Crippen LogP contribution in [0.25, 0.3) is 0 Å². The van der Waals surface area contributed by atoms with Crippen LogP contribution in [0.2, 0.25) is 0 Å². The van der Waals surface area contributed by atoms with Crippen molar-refractivity contribution in [1.82, 2.24) is 5.32 Å². The number of rotatable bonds is 6. The van der Waals surface area contributed by atoms with Gasteiger partial charge in [0.1, 0.15) is 6.04 Å². The number of nitrogens with one attached hydrogen (secondary N) is 1. The smallest absolute Gasteiger partial charge is 0.328 e. The molecule has 18 heavy (non-hydrogen) atoms. The molecule has 0 aromatic heterocycles. The summed E-state index contributed by atoms with van der Waals surface area (Å²) in [5.74, 6) is 0.365. The van der Waals surface area contributed by atoms with E-state index in [1.807, 2.05) is 0 Å². The summed E-state index contributed by atoms with van der Waals surface area (Å²) in [4.78, 5) is 22.7. The van der Waals surface area contributed by atoms with E-state index in [1.165, 1.54) is 39.2 Å². The molecule has 0 aromatic rings. The monoisotopic (exact) mass is 255 g/mol. The highest BCUT2D eigenvalue weighted by molar-refractivity contribution is 5.83. The lowest BCUT2D eigenvalue weighted by molar-refractivity contribution is -0.144. The van der Waals surface area contributed by atoms with E-state index in [0.717, 1.165) is 18.8 Å². The lowest BCUT2D eigenvalue weighted by Crippen LogP contribution is -2.39. The molecule has 0 spiro atoms. The molecule has 1 rings (SSSR count). The van der Waals surface area contributed by atoms with Gasteiger partial charge in [-0.05, 0) is 25.7 Å². The maximum Gasteiger partial charge on any atom is 0.328 e. The van der Waals surface area contributed by atoms with Crippen molar-refractivity contribution in [3.05, 3.63) is 0 Å². The Morgan fingerprint density at radius 1 is 1.28 bits per heavy atom. The highest BCUT2D eigenvalue weighted by Crippen LogP contribution is 2.27. The van der Waals surface area contributed by atoms with Gasteiger partial charge in [0.15, 0.2) is 0 Å². The second kappa shape index (κ2) is 8.11. The Morgan fingerprint density at radius 3 is 2.56 bits per heavy atom. The van der Waals surface area contributed by atoms with Gasteiger partial charge in [-0.3, -0.25) is 4.79 Å². The SMILES string of the molecule is COC(=O)C(C)NC(=O)CCCC1CCCCC1. The van der Waals surface area contributed by atoms with Crippen LogP contribution < -0.4 is 5.32 Å². The highest BCUT2D eigenvalue weighted by atomic mass is 16.5. The molecule has 104 valence electrons. The maximum absolute atomic E-state index is 11.6. The largest absolute Gasteiger partial charge is 0.467 e. The lowest BCUT2D eigenvalue weighted by Gasteiger charge is -2.21. The average Bonchev–Trinajstić information content (AvgIpc) is 2.38. The molecule has 1 unspecified atom stereocenters. The van der Waals surface area contributed by atoms with Crippen molar-refractivity contribution in [3.63, 3.8) is 0 Å². The van der Waals surface area contributed by atoms with Crippen LogP contribution in [-0.2, 0) is 14.3 Å². The van der Waals surface area contributed by atoms with E-state index < -0.39 is 12.0 Å². The number of ether oxygens (including phenoxy) is 1. The summed E-state index contributed by atoms with van der Waals surface area (Å²) in [7, 11) is 1.33. The summed E-state index contributed by atoms with van der Waals surface area (Å²) in [6, 6.07) is -0.544. The normalized spacial score (nSPS) is 18.1. The standard InChI is InChI=1S/C14H25NO3/c1-11(14(17)18-2)15-13(16)10-6-9-12-7-4-3-5-8-12/h11-12H,3-10H2,1-2H3,(H,15,16). The van der Waals surface area contributed by atoms with Crippen molar-refractivity contribution in [1.29, 1.82) is 0 Å². The number of carbonyl (C=O) groups excluding carboxylic acids is 2. The lowest BCUT2D eigenvalue weighted by atomic mass is 9.86. The summed E-state index contributed by atoms with van der Waals surface area (Å²) in [5, 5.41) is 2.65. The number of methoxy groups -OCH3 is 1. The minimum atomic E-state index is -0.544. The number of esters is 1. The minimum Gasteiger partial charge on any atom is -0.467 e. The summed E-state index contributed by atoms with van der Waals surface area (Å²) in [6.07, 6.45) is 9.27. The van der Waals surface area contributed by atoms with Gasteiger partial charge in [-0.15, -0.1) is 0 Å². The van der Waals surface area contributed by atoms with Gasteiger partial charge in [0.05, 0.1) is 7.11 Å². The van der Waals surface area contributed by atoms with Crippen LogP contribution in [0.4, 0.5) is 0 Å². The summed E-state index contributed by atoms with van der Waals surface area (Å²) < 4.78 is 4.56. The number of carbonyl (C=O) groups is 2. The summed E-state index contributed by atoms with van der Waals surface area (Å²) in [6.45, 7) is 1.64. The predicted octanol–water partition coefficient (Wildman–Crippen LogP) is 2.41. The van der Waals surface area contributed by atoms with Crippen LogP contribution in [0.3, 0.4) is 0 Å². The molecule has 1 atom stereocenters. The van der Waals surface area contributed by atoms with Crippen molar-refractivity contribution >= 4 is 11.9 Å². The molecule has 1 aliphatic rings. The molecule has 1 N–H and O–H groups in total. The Hall–Kier alpha value is -1.06. The van der Waals surface area contributed by atoms with E-state index in [0.29, 0.717) is 6.42 Å². The molecular formula is C14H25NO3. The zero-order chi connectivity index (χ0) is 13.4. The molecule has 0 bridgehead atoms. The highest BCUT2D eigenvalue weighted by Gasteiger charge is 2.17. The van der Waals surface area contributed by atoms with Gasteiger partial charge in [-0.25, -0.2) is 4.79 Å². The van der Waals surface area contributed by atoms with E-state index in [-0.39, 0.29) is 5.91 Å². The first-order chi connectivity index (χ1) is 8.63. The molecule has 4 nitrogen and oxygen atoms in total. The zero-order valence-electron chi connectivity index (χ0n) is 11.5. The van der Waals surface area contributed by atoms with Crippen LogP contribution >= 0.6 is 0 Å². The first kappa shape index (κ1) is 15.0. The average molecular weight is 255 g/mol. The van der Waals surface area contributed by atoms with Gasteiger partial charge in [-0.2, -0.15) is 0 Å². The Labute approximate surface area is 109 Å². The predicted molar refractivity (Wildman–Crippen MR) is 70.0 cm³/mol. The third kappa shape index (κ3) is 5.52. The maximum atomic E-state index is 11.6. The van der Waals surface area contributed by atoms with E-state index in [9.17, 15) is 9.59 Å². The fourth-order valence-electron chi connectivity index (χ4n) is 2.58. The summed E-state index contributed by atoms with van der Waals surface area (Å²) >= 11 is 0. The Balaban J connectivity index is 2.11. The molecule has 0 saturated heterocycles. The second-order valence-corrected chi connectivity index (χ2v) is 5.21. The number of hydrogen-bond acceptors (Lipinski definition) is 3. The van der Waals surface area contributed by atoms with Gasteiger partial charge in [0.2, 0.25) is 5.91 Å². The third-order valence-corrected chi connectivity index (χ3v) is 3.67. The van der Waals surface area contributed by atoms with Crippen molar-refractivity contribution < 1.29 is 14.3 Å². The molecule has 1 amide bonds. The van der Waals surface area contributed by atoms with E-state index in [2.05, 4.69) is 10.1 Å². The van der Waals surface area contributed by atoms with E-state index >= 15 is 0 Å². The minimum absolute atomic E-state index is 0.0521. The van der Waals surface area contributed by atoms with Crippen molar-refractivity contribution in [3.8, 4) is 0 Å². The topological polar surface area (TPSA) is 55.4 Å². The fraction of sp³-hybridized carbons (Fsp3) is 0.857. The van der Waals surface area contributed by atoms with Crippen molar-refractivity contribution in [2.24, 2.45) is 5.92 Å². The van der Waals surface area contributed by atoms with Gasteiger partial charge in [0.25, 0.3) is 0 Å². The van der Waals surface area contributed by atoms with Crippen LogP contribution in [0, 0.1) is 5.92 Å². The molecule has 1 fully saturated rings. The van der Waals surface area contributed by atoms with Gasteiger partial charge in [0, 0.05) is 6.42 Å². The van der Waals surface area contributed by atoms with Crippen LogP contribution in [-0.4, -0.2) is 25.0 Å². The Morgan fingerprint density at radius 2 is 1.94 bits per heavy atom. The molecule has 0 aromatic carbocycles.